The topological polar surface area (TPSA) is 0 Å². The Morgan fingerprint density at radius 1 is 0.373 bits per heavy atom. The van der Waals surface area contributed by atoms with E-state index in [1.54, 1.807) is 0 Å². The van der Waals surface area contributed by atoms with Crippen LogP contribution in [0.2, 0.25) is 0 Å². The second-order valence-corrected chi connectivity index (χ2v) is 25.5. The summed E-state index contributed by atoms with van der Waals surface area (Å²) >= 11 is 0. The van der Waals surface area contributed by atoms with Gasteiger partial charge in [-0.25, -0.2) is 0 Å². The van der Waals surface area contributed by atoms with E-state index in [4.69, 9.17) is 0 Å². The number of hydrogen-bond acceptors (Lipinski definition) is 0. The Morgan fingerprint density at radius 3 is 1.27 bits per heavy atom. The van der Waals surface area contributed by atoms with Gasteiger partial charge in [-0.2, -0.15) is 0 Å². The molecule has 0 saturated heterocycles. The van der Waals surface area contributed by atoms with E-state index in [1.807, 2.05) is 13.8 Å². The third-order valence-corrected chi connectivity index (χ3v) is 14.7. The molecular weight excluding hydrogens is 805 g/mol. The molecule has 0 heteroatoms. The van der Waals surface area contributed by atoms with Crippen LogP contribution in [0.3, 0.4) is 0 Å². The van der Waals surface area contributed by atoms with Crippen LogP contribution in [0.5, 0.6) is 0 Å². The standard InChI is InChI=1S/C60H62.C5H12.C2H6/c1-56(2,3)37-24-27-45-51(32-37)60(12,13)53-34-39(58(7,8)9)31-47(55(45)53)36-23-26-43-42-25-22-35(28-48(42)40-18-14-15-19-41(40)49(43)29-36)46-30-38(57(4,5)6)33-52-54(46)44-20-16-17-21-50(44)59(52,10)11;1-5(2,3)4;1-2/h14-15,18-34H,16-17H2,1-13H3;1-4H3;1-2H3. The predicted octanol–water partition coefficient (Wildman–Crippen LogP) is 20.2. The molecule has 0 saturated carbocycles. The van der Waals surface area contributed by atoms with Gasteiger partial charge in [0.15, 0.2) is 0 Å². The summed E-state index contributed by atoms with van der Waals surface area (Å²) in [6.07, 6.45) is 7.26. The van der Waals surface area contributed by atoms with Crippen LogP contribution >= 0.6 is 0 Å². The Bertz CT molecular complexity index is 3130. The molecule has 0 bridgehead atoms. The number of hydrogen-bond donors (Lipinski definition) is 0. The molecule has 3 aliphatic carbocycles. The first-order valence-electron chi connectivity index (χ1n) is 25.5. The maximum Gasteiger partial charge on any atom is 0.0159 e. The first-order valence-corrected chi connectivity index (χ1v) is 25.5. The third-order valence-electron chi connectivity index (χ3n) is 14.7. The van der Waals surface area contributed by atoms with Crippen LogP contribution in [0.1, 0.15) is 183 Å². The lowest BCUT2D eigenvalue weighted by Crippen LogP contribution is -2.19. The third kappa shape index (κ3) is 8.44. The summed E-state index contributed by atoms with van der Waals surface area (Å²) in [6.45, 7) is 43.6. The van der Waals surface area contributed by atoms with E-state index in [0.717, 1.165) is 12.8 Å². The Hall–Kier alpha value is -5.20. The van der Waals surface area contributed by atoms with Crippen molar-refractivity contribution in [2.24, 2.45) is 5.41 Å². The zero-order valence-electron chi connectivity index (χ0n) is 44.9. The van der Waals surface area contributed by atoms with E-state index in [1.165, 1.54) is 116 Å². The highest BCUT2D eigenvalue weighted by Gasteiger charge is 2.42. The Kier molecular flexibility index (Phi) is 11.9. The Morgan fingerprint density at radius 2 is 0.791 bits per heavy atom. The molecule has 0 aliphatic heterocycles. The van der Waals surface area contributed by atoms with Gasteiger partial charge in [0, 0.05) is 10.8 Å². The SMILES string of the molecule is CC.CC(C)(C)C.CC(C)(C)c1cc(-c2ccc3c4ccc(-c5cc(C(C)(C)C)cc6c5-c5ccc(C(C)(C)C)cc5C6(C)C)cc4c4ccccc4c3c2)c2c(c1)C(C)(C)C1=CCCC=C12. The number of fused-ring (bicyclic) bond motifs is 12. The first kappa shape index (κ1) is 48.3. The van der Waals surface area contributed by atoms with Crippen LogP contribution < -0.4 is 0 Å². The number of rotatable bonds is 2. The van der Waals surface area contributed by atoms with E-state index >= 15 is 0 Å². The molecule has 0 heterocycles. The minimum Gasteiger partial charge on any atom is -0.0795 e. The molecule has 10 rings (SSSR count). The van der Waals surface area contributed by atoms with Gasteiger partial charge in [-0.05, 0) is 175 Å². The molecule has 0 unspecified atom stereocenters. The van der Waals surface area contributed by atoms with Gasteiger partial charge in [-0.15, -0.1) is 0 Å². The summed E-state index contributed by atoms with van der Waals surface area (Å²) < 4.78 is 0. The molecule has 0 amide bonds. The van der Waals surface area contributed by atoms with Crippen molar-refractivity contribution in [1.82, 2.24) is 0 Å². The molecule has 7 aromatic rings. The van der Waals surface area contributed by atoms with Crippen molar-refractivity contribution < 1.29 is 0 Å². The van der Waals surface area contributed by atoms with Gasteiger partial charge in [0.1, 0.15) is 0 Å². The molecule has 7 aromatic carbocycles. The van der Waals surface area contributed by atoms with E-state index < -0.39 is 0 Å². The van der Waals surface area contributed by atoms with Crippen LogP contribution in [-0.4, -0.2) is 0 Å². The fourth-order valence-corrected chi connectivity index (χ4v) is 11.0. The number of allylic oxidation sites excluding steroid dienone is 4. The van der Waals surface area contributed by atoms with Gasteiger partial charge in [-0.1, -0.05) is 223 Å². The maximum absolute atomic E-state index is 2.52. The largest absolute Gasteiger partial charge is 0.0795 e. The van der Waals surface area contributed by atoms with Crippen molar-refractivity contribution in [3.63, 3.8) is 0 Å². The zero-order chi connectivity index (χ0) is 49.0. The molecule has 0 spiro atoms. The fourth-order valence-electron chi connectivity index (χ4n) is 11.0. The molecule has 0 nitrogen and oxygen atoms in total. The van der Waals surface area contributed by atoms with Crippen LogP contribution in [0.25, 0.3) is 71.3 Å². The minimum absolute atomic E-state index is 0.0102. The Labute approximate surface area is 406 Å². The van der Waals surface area contributed by atoms with Crippen LogP contribution in [0.15, 0.2) is 121 Å². The smallest absolute Gasteiger partial charge is 0.0159 e. The summed E-state index contributed by atoms with van der Waals surface area (Å²) in [5.74, 6) is 0. The van der Waals surface area contributed by atoms with E-state index in [0.29, 0.717) is 5.41 Å². The van der Waals surface area contributed by atoms with Crippen LogP contribution in [0.4, 0.5) is 0 Å². The molecule has 67 heavy (non-hydrogen) atoms. The molecule has 0 aromatic heterocycles. The van der Waals surface area contributed by atoms with Crippen LogP contribution in [-0.2, 0) is 27.1 Å². The average molecular weight is 885 g/mol. The summed E-state index contributed by atoms with van der Waals surface area (Å²) in [7, 11) is 0. The highest BCUT2D eigenvalue weighted by molar-refractivity contribution is 6.26. The van der Waals surface area contributed by atoms with Gasteiger partial charge in [-0.3, -0.25) is 0 Å². The van der Waals surface area contributed by atoms with Crippen molar-refractivity contribution in [2.75, 3.05) is 0 Å². The molecule has 0 atom stereocenters. The van der Waals surface area contributed by atoms with E-state index in [2.05, 4.69) is 233 Å². The van der Waals surface area contributed by atoms with Gasteiger partial charge in [0.2, 0.25) is 0 Å². The lowest BCUT2D eigenvalue weighted by molar-refractivity contribution is 0.469. The minimum atomic E-state index is -0.104. The summed E-state index contributed by atoms with van der Waals surface area (Å²) in [6, 6.07) is 41.2. The fraction of sp³-hybridized carbons (Fsp3) is 0.403. The lowest BCUT2D eigenvalue weighted by atomic mass is 9.76. The lowest BCUT2D eigenvalue weighted by Gasteiger charge is -2.27. The molecule has 0 radical (unpaired) electrons. The van der Waals surface area contributed by atoms with Gasteiger partial charge < -0.3 is 0 Å². The first-order chi connectivity index (χ1) is 31.2. The average Bonchev–Trinajstić information content (AvgIpc) is 3.64. The van der Waals surface area contributed by atoms with Gasteiger partial charge in [0.25, 0.3) is 0 Å². The monoisotopic (exact) mass is 885 g/mol. The normalized spacial score (nSPS) is 16.0. The van der Waals surface area contributed by atoms with Gasteiger partial charge >= 0.3 is 0 Å². The second kappa shape index (κ2) is 16.5. The predicted molar refractivity (Wildman–Crippen MR) is 298 cm³/mol. The van der Waals surface area contributed by atoms with Crippen molar-refractivity contribution in [3.8, 4) is 33.4 Å². The summed E-state index contributed by atoms with van der Waals surface area (Å²) in [5, 5.41) is 7.90. The summed E-state index contributed by atoms with van der Waals surface area (Å²) in [4.78, 5) is 0. The van der Waals surface area contributed by atoms with Crippen LogP contribution in [0, 0.1) is 5.41 Å². The van der Waals surface area contributed by atoms with E-state index in [-0.39, 0.29) is 27.1 Å². The summed E-state index contributed by atoms with van der Waals surface area (Å²) in [5.41, 5.74) is 21.6. The van der Waals surface area contributed by atoms with Crippen molar-refractivity contribution in [3.05, 3.63) is 160 Å². The Balaban J connectivity index is 0.000000817. The molecule has 0 N–H and O–H groups in total. The molecule has 3 aliphatic rings. The molecule has 0 fully saturated rings. The second-order valence-electron chi connectivity index (χ2n) is 25.5. The highest BCUT2D eigenvalue weighted by Crippen LogP contribution is 2.57. The maximum atomic E-state index is 2.52. The molecular formula is C67H80. The van der Waals surface area contributed by atoms with Crippen molar-refractivity contribution in [1.29, 1.82) is 0 Å². The molecule has 348 valence electrons. The highest BCUT2D eigenvalue weighted by atomic mass is 14.5. The zero-order valence-corrected chi connectivity index (χ0v) is 44.9. The van der Waals surface area contributed by atoms with E-state index in [9.17, 15) is 0 Å². The van der Waals surface area contributed by atoms with Gasteiger partial charge in [0.05, 0.1) is 0 Å². The van der Waals surface area contributed by atoms with Crippen molar-refractivity contribution in [2.45, 2.75) is 171 Å². The van der Waals surface area contributed by atoms with Crippen molar-refractivity contribution >= 4 is 37.9 Å². The quantitative estimate of drug-likeness (QED) is 0.152. The number of benzene rings is 7.